The number of hydrogen-bond donors (Lipinski definition) is 0. The maximum Gasteiger partial charge on any atom is 0.0484 e. The predicted molar refractivity (Wildman–Crippen MR) is 86.4 cm³/mol. The quantitative estimate of drug-likeness (QED) is 0.545. The van der Waals surface area contributed by atoms with Crippen LogP contribution in [-0.4, -0.2) is 0 Å². The van der Waals surface area contributed by atoms with Gasteiger partial charge >= 0.3 is 0 Å². The molecule has 0 unspecified atom stereocenters. The fraction of sp³-hybridized carbons (Fsp3) is 0.444. The molecule has 0 aromatic heterocycles. The second-order valence-corrected chi connectivity index (χ2v) is 7.73. The molecule has 0 N–H and O–H groups in total. The highest BCUT2D eigenvalue weighted by atomic mass is 35.5. The molecule has 0 aliphatic rings. The summed E-state index contributed by atoms with van der Waals surface area (Å²) in [6, 6.07) is 10.6. The second-order valence-electron chi connectivity index (χ2n) is 7.32. The van der Waals surface area contributed by atoms with E-state index in [-0.39, 0.29) is 10.8 Å². The highest BCUT2D eigenvalue weighted by Gasteiger charge is 2.27. The topological polar surface area (TPSA) is 0 Å². The lowest BCUT2D eigenvalue weighted by Gasteiger charge is -2.31. The SMILES string of the molecule is CC(C)(C)c1ccc2c(Cl)cccc2c1C(C)(C)C. The Hall–Kier alpha value is -1.01. The molecule has 2 aromatic carbocycles. The zero-order chi connectivity index (χ0) is 14.4. The third-order valence-electron chi connectivity index (χ3n) is 3.57. The fourth-order valence-corrected chi connectivity index (χ4v) is 2.99. The molecule has 0 aliphatic heterocycles. The summed E-state index contributed by atoms with van der Waals surface area (Å²) < 4.78 is 0. The van der Waals surface area contributed by atoms with E-state index in [0.29, 0.717) is 0 Å². The number of fused-ring (bicyclic) bond motifs is 1. The molecule has 0 spiro atoms. The van der Waals surface area contributed by atoms with Crippen molar-refractivity contribution < 1.29 is 0 Å². The lowest BCUT2D eigenvalue weighted by atomic mass is 9.73. The van der Waals surface area contributed by atoms with Gasteiger partial charge in [0, 0.05) is 10.4 Å². The second kappa shape index (κ2) is 4.52. The summed E-state index contributed by atoms with van der Waals surface area (Å²) in [4.78, 5) is 0. The van der Waals surface area contributed by atoms with Crippen molar-refractivity contribution >= 4 is 22.4 Å². The minimum Gasteiger partial charge on any atom is -0.0837 e. The molecule has 0 atom stereocenters. The number of benzene rings is 2. The van der Waals surface area contributed by atoms with Crippen molar-refractivity contribution in [1.29, 1.82) is 0 Å². The van der Waals surface area contributed by atoms with Gasteiger partial charge in [0.2, 0.25) is 0 Å². The van der Waals surface area contributed by atoms with Gasteiger partial charge in [-0.1, -0.05) is 77.4 Å². The van der Waals surface area contributed by atoms with Crippen LogP contribution >= 0.6 is 11.6 Å². The van der Waals surface area contributed by atoms with Crippen molar-refractivity contribution in [2.24, 2.45) is 0 Å². The Morgan fingerprint density at radius 1 is 0.737 bits per heavy atom. The van der Waals surface area contributed by atoms with Crippen molar-refractivity contribution in [1.82, 2.24) is 0 Å². The van der Waals surface area contributed by atoms with Crippen molar-refractivity contribution in [2.45, 2.75) is 52.4 Å². The van der Waals surface area contributed by atoms with Crippen LogP contribution in [0.3, 0.4) is 0 Å². The van der Waals surface area contributed by atoms with Crippen molar-refractivity contribution in [3.8, 4) is 0 Å². The first-order chi connectivity index (χ1) is 8.62. The Morgan fingerprint density at radius 2 is 1.37 bits per heavy atom. The minimum absolute atomic E-state index is 0.104. The van der Waals surface area contributed by atoms with Gasteiger partial charge in [0.25, 0.3) is 0 Å². The van der Waals surface area contributed by atoms with Crippen LogP contribution in [0.5, 0.6) is 0 Å². The summed E-state index contributed by atoms with van der Waals surface area (Å²) in [7, 11) is 0. The lowest BCUT2D eigenvalue weighted by molar-refractivity contribution is 0.534. The number of hydrogen-bond acceptors (Lipinski definition) is 0. The van der Waals surface area contributed by atoms with E-state index in [1.807, 2.05) is 12.1 Å². The standard InChI is InChI=1S/C18H23Cl/c1-17(2,3)14-11-10-12-13(8-7-9-15(12)19)16(14)18(4,5)6/h7-11H,1-6H3. The van der Waals surface area contributed by atoms with Crippen molar-refractivity contribution in [3.63, 3.8) is 0 Å². The Bertz CT molecular complexity index is 610. The molecular weight excluding hydrogens is 252 g/mol. The zero-order valence-electron chi connectivity index (χ0n) is 12.8. The monoisotopic (exact) mass is 274 g/mol. The summed E-state index contributed by atoms with van der Waals surface area (Å²) >= 11 is 6.35. The van der Waals surface area contributed by atoms with Crippen molar-refractivity contribution in [3.05, 3.63) is 46.5 Å². The first kappa shape index (κ1) is 14.4. The number of halogens is 1. The van der Waals surface area contributed by atoms with Gasteiger partial charge in [-0.15, -0.1) is 0 Å². The van der Waals surface area contributed by atoms with Crippen LogP contribution in [0.15, 0.2) is 30.3 Å². The maximum absolute atomic E-state index is 6.35. The average molecular weight is 275 g/mol. The molecule has 19 heavy (non-hydrogen) atoms. The van der Waals surface area contributed by atoms with E-state index < -0.39 is 0 Å². The molecule has 2 rings (SSSR count). The van der Waals surface area contributed by atoms with Crippen LogP contribution in [0.25, 0.3) is 10.8 Å². The third kappa shape index (κ3) is 2.65. The molecule has 102 valence electrons. The van der Waals surface area contributed by atoms with E-state index in [2.05, 4.69) is 59.7 Å². The van der Waals surface area contributed by atoms with Gasteiger partial charge in [-0.05, 0) is 33.4 Å². The van der Waals surface area contributed by atoms with Crippen LogP contribution in [-0.2, 0) is 10.8 Å². The van der Waals surface area contributed by atoms with Crippen LogP contribution < -0.4 is 0 Å². The summed E-state index contributed by atoms with van der Waals surface area (Å²) in [6.07, 6.45) is 0. The summed E-state index contributed by atoms with van der Waals surface area (Å²) in [5, 5.41) is 3.28. The predicted octanol–water partition coefficient (Wildman–Crippen LogP) is 6.09. The molecule has 0 fully saturated rings. The van der Waals surface area contributed by atoms with Crippen molar-refractivity contribution in [2.75, 3.05) is 0 Å². The highest BCUT2D eigenvalue weighted by Crippen LogP contribution is 2.40. The summed E-state index contributed by atoms with van der Waals surface area (Å²) in [5.74, 6) is 0. The zero-order valence-corrected chi connectivity index (χ0v) is 13.5. The van der Waals surface area contributed by atoms with E-state index in [1.165, 1.54) is 16.5 Å². The van der Waals surface area contributed by atoms with Gasteiger partial charge in [-0.3, -0.25) is 0 Å². The smallest absolute Gasteiger partial charge is 0.0484 e. The van der Waals surface area contributed by atoms with Crippen LogP contribution in [0.2, 0.25) is 5.02 Å². The molecule has 0 bridgehead atoms. The molecular formula is C18H23Cl. The maximum atomic E-state index is 6.35. The molecule has 0 saturated carbocycles. The van der Waals surface area contributed by atoms with Crippen LogP contribution in [0.4, 0.5) is 0 Å². The van der Waals surface area contributed by atoms with Gasteiger partial charge in [0.1, 0.15) is 0 Å². The van der Waals surface area contributed by atoms with Gasteiger partial charge in [-0.2, -0.15) is 0 Å². The van der Waals surface area contributed by atoms with Gasteiger partial charge in [0.05, 0.1) is 0 Å². The van der Waals surface area contributed by atoms with E-state index in [1.54, 1.807) is 0 Å². The van der Waals surface area contributed by atoms with Crippen LogP contribution in [0, 0.1) is 0 Å². The average Bonchev–Trinajstić information content (AvgIpc) is 2.25. The van der Waals surface area contributed by atoms with E-state index in [4.69, 9.17) is 11.6 Å². The van der Waals surface area contributed by atoms with Gasteiger partial charge < -0.3 is 0 Å². The summed E-state index contributed by atoms with van der Waals surface area (Å²) in [5.41, 5.74) is 3.07. The molecule has 0 radical (unpaired) electrons. The van der Waals surface area contributed by atoms with E-state index in [9.17, 15) is 0 Å². The Labute approximate surface area is 121 Å². The minimum atomic E-state index is 0.104. The highest BCUT2D eigenvalue weighted by molar-refractivity contribution is 6.35. The number of rotatable bonds is 0. The fourth-order valence-electron chi connectivity index (χ4n) is 2.75. The van der Waals surface area contributed by atoms with Gasteiger partial charge in [0.15, 0.2) is 0 Å². The van der Waals surface area contributed by atoms with Gasteiger partial charge in [-0.25, -0.2) is 0 Å². The molecule has 1 heteroatoms. The Balaban J connectivity index is 2.94. The van der Waals surface area contributed by atoms with E-state index >= 15 is 0 Å². The van der Waals surface area contributed by atoms with E-state index in [0.717, 1.165) is 10.4 Å². The third-order valence-corrected chi connectivity index (χ3v) is 3.90. The van der Waals surface area contributed by atoms with Crippen LogP contribution in [0.1, 0.15) is 52.7 Å². The Kier molecular flexibility index (Phi) is 3.43. The normalized spacial score (nSPS) is 13.0. The molecule has 0 aliphatic carbocycles. The largest absolute Gasteiger partial charge is 0.0837 e. The molecule has 0 amide bonds. The molecule has 0 heterocycles. The Morgan fingerprint density at radius 3 is 1.89 bits per heavy atom. The lowest BCUT2D eigenvalue weighted by Crippen LogP contribution is -2.22. The first-order valence-corrected chi connectivity index (χ1v) is 7.22. The first-order valence-electron chi connectivity index (χ1n) is 6.84. The molecule has 0 nitrogen and oxygen atoms in total. The summed E-state index contributed by atoms with van der Waals surface area (Å²) in [6.45, 7) is 13.6. The molecule has 2 aromatic rings. The molecule has 0 saturated heterocycles.